The van der Waals surface area contributed by atoms with Crippen molar-refractivity contribution in [3.05, 3.63) is 74.6 Å². The van der Waals surface area contributed by atoms with Gasteiger partial charge < -0.3 is 4.74 Å². The molecule has 0 N–H and O–H groups in total. The van der Waals surface area contributed by atoms with Gasteiger partial charge in [-0.25, -0.2) is 9.38 Å². The Hall–Kier alpha value is -2.92. The molecular weight excluding hydrogens is 332 g/mol. The lowest BCUT2D eigenvalue weighted by molar-refractivity contribution is 0.259. The fourth-order valence-corrected chi connectivity index (χ4v) is 4.17. The van der Waals surface area contributed by atoms with Gasteiger partial charge in [-0.05, 0) is 42.8 Å². The highest BCUT2D eigenvalue weighted by molar-refractivity contribution is 7.15. The van der Waals surface area contributed by atoms with E-state index in [9.17, 15) is 4.79 Å². The Balaban J connectivity index is 1.72. The third-order valence-electron chi connectivity index (χ3n) is 4.46. The van der Waals surface area contributed by atoms with Crippen molar-refractivity contribution in [2.24, 2.45) is 0 Å². The number of para-hydroxylation sites is 3. The standard InChI is InChI=1S/C20H14N2O2S/c1-12-14(10-13-6-2-5-9-17(13)24-12)11-18-19(23)22-16-8-4-3-7-15(16)21-20(22)25-18/h2-12H,1H3/b18-11+. The van der Waals surface area contributed by atoms with E-state index in [1.165, 1.54) is 11.3 Å². The SMILES string of the molecule is CC1Oc2ccccc2C=C1/C=c1/sc2nc3ccccc3n2c1=O. The molecule has 1 atom stereocenters. The number of rotatable bonds is 1. The van der Waals surface area contributed by atoms with Crippen LogP contribution in [0.25, 0.3) is 28.1 Å². The number of hydrogen-bond acceptors (Lipinski definition) is 4. The Bertz CT molecular complexity index is 1270. The summed E-state index contributed by atoms with van der Waals surface area (Å²) in [4.78, 5) is 18.1. The minimum atomic E-state index is -0.0968. The normalized spacial score (nSPS) is 17.6. The second-order valence-corrected chi connectivity index (χ2v) is 7.09. The molecule has 4 aromatic rings. The molecular formula is C20H14N2O2S. The van der Waals surface area contributed by atoms with E-state index in [2.05, 4.69) is 11.1 Å². The predicted molar refractivity (Wildman–Crippen MR) is 101 cm³/mol. The number of ether oxygens (including phenoxy) is 1. The molecule has 0 amide bonds. The first-order chi connectivity index (χ1) is 12.2. The molecule has 3 heterocycles. The van der Waals surface area contributed by atoms with Gasteiger partial charge in [0, 0.05) is 5.56 Å². The molecule has 0 spiro atoms. The van der Waals surface area contributed by atoms with E-state index in [1.54, 1.807) is 4.40 Å². The molecule has 1 aliphatic rings. The van der Waals surface area contributed by atoms with Crippen LogP contribution in [0, 0.1) is 0 Å². The van der Waals surface area contributed by atoms with Crippen molar-refractivity contribution < 1.29 is 4.74 Å². The summed E-state index contributed by atoms with van der Waals surface area (Å²) in [6.45, 7) is 2.00. The maximum absolute atomic E-state index is 12.9. The topological polar surface area (TPSA) is 43.6 Å². The van der Waals surface area contributed by atoms with Crippen LogP contribution in [-0.4, -0.2) is 15.5 Å². The maximum atomic E-state index is 12.9. The Morgan fingerprint density at radius 2 is 1.96 bits per heavy atom. The van der Waals surface area contributed by atoms with E-state index >= 15 is 0 Å². The monoisotopic (exact) mass is 346 g/mol. The molecule has 0 aliphatic carbocycles. The summed E-state index contributed by atoms with van der Waals surface area (Å²) >= 11 is 1.41. The van der Waals surface area contributed by atoms with Gasteiger partial charge >= 0.3 is 0 Å². The summed E-state index contributed by atoms with van der Waals surface area (Å²) < 4.78 is 8.33. The summed E-state index contributed by atoms with van der Waals surface area (Å²) in [6, 6.07) is 15.6. The van der Waals surface area contributed by atoms with Crippen LogP contribution in [0.4, 0.5) is 0 Å². The van der Waals surface area contributed by atoms with Gasteiger partial charge in [-0.1, -0.05) is 41.7 Å². The number of thiazole rings is 1. The molecule has 25 heavy (non-hydrogen) atoms. The van der Waals surface area contributed by atoms with E-state index in [1.807, 2.05) is 61.5 Å². The number of imidazole rings is 1. The van der Waals surface area contributed by atoms with E-state index in [-0.39, 0.29) is 11.7 Å². The van der Waals surface area contributed by atoms with E-state index in [4.69, 9.17) is 4.74 Å². The van der Waals surface area contributed by atoms with Crippen LogP contribution in [0.15, 0.2) is 58.9 Å². The molecule has 0 saturated carbocycles. The van der Waals surface area contributed by atoms with Crippen LogP contribution in [0.5, 0.6) is 5.75 Å². The van der Waals surface area contributed by atoms with Crippen molar-refractivity contribution in [1.29, 1.82) is 0 Å². The van der Waals surface area contributed by atoms with Gasteiger partial charge in [0.05, 0.1) is 15.6 Å². The fourth-order valence-electron chi connectivity index (χ4n) is 3.18. The van der Waals surface area contributed by atoms with Gasteiger partial charge in [-0.15, -0.1) is 0 Å². The van der Waals surface area contributed by atoms with Gasteiger partial charge in [0.1, 0.15) is 11.9 Å². The Morgan fingerprint density at radius 3 is 2.88 bits per heavy atom. The second kappa shape index (κ2) is 5.29. The number of fused-ring (bicyclic) bond motifs is 4. The third-order valence-corrected chi connectivity index (χ3v) is 5.43. The molecule has 0 radical (unpaired) electrons. The largest absolute Gasteiger partial charge is 0.485 e. The zero-order valence-electron chi connectivity index (χ0n) is 13.5. The van der Waals surface area contributed by atoms with Crippen molar-refractivity contribution >= 4 is 39.5 Å². The van der Waals surface area contributed by atoms with E-state index in [0.29, 0.717) is 4.53 Å². The lowest BCUT2D eigenvalue weighted by Gasteiger charge is -2.22. The van der Waals surface area contributed by atoms with Crippen LogP contribution in [0.3, 0.4) is 0 Å². The number of nitrogens with zero attached hydrogens (tertiary/aromatic N) is 2. The van der Waals surface area contributed by atoms with Crippen molar-refractivity contribution in [3.63, 3.8) is 0 Å². The summed E-state index contributed by atoms with van der Waals surface area (Å²) in [6.07, 6.45) is 3.92. The van der Waals surface area contributed by atoms with Crippen LogP contribution in [0.1, 0.15) is 12.5 Å². The molecule has 5 rings (SSSR count). The van der Waals surface area contributed by atoms with Crippen molar-refractivity contribution in [2.45, 2.75) is 13.0 Å². The van der Waals surface area contributed by atoms with Crippen LogP contribution >= 0.6 is 11.3 Å². The molecule has 4 nitrogen and oxygen atoms in total. The summed E-state index contributed by atoms with van der Waals surface area (Å²) in [5.41, 5.74) is 3.70. The lowest BCUT2D eigenvalue weighted by atomic mass is 10.0. The zero-order chi connectivity index (χ0) is 17.0. The van der Waals surface area contributed by atoms with Gasteiger partial charge in [0.25, 0.3) is 5.56 Å². The Kier molecular flexibility index (Phi) is 3.05. The molecule has 2 aromatic heterocycles. The minimum absolute atomic E-state index is 0.0272. The second-order valence-electron chi connectivity index (χ2n) is 6.08. The molecule has 0 saturated heterocycles. The Morgan fingerprint density at radius 1 is 1.16 bits per heavy atom. The molecule has 122 valence electrons. The number of hydrogen-bond donors (Lipinski definition) is 0. The molecule has 0 fully saturated rings. The van der Waals surface area contributed by atoms with E-state index < -0.39 is 0 Å². The number of aromatic nitrogens is 2. The zero-order valence-corrected chi connectivity index (χ0v) is 14.3. The van der Waals surface area contributed by atoms with Crippen molar-refractivity contribution in [2.75, 3.05) is 0 Å². The summed E-state index contributed by atoms with van der Waals surface area (Å²) in [5, 5.41) is 0. The van der Waals surface area contributed by atoms with Crippen LogP contribution in [-0.2, 0) is 0 Å². The molecule has 0 bridgehead atoms. The van der Waals surface area contributed by atoms with Crippen molar-refractivity contribution in [3.8, 4) is 5.75 Å². The van der Waals surface area contributed by atoms with Gasteiger partial charge in [0.2, 0.25) is 0 Å². The summed E-state index contributed by atoms with van der Waals surface area (Å²) in [7, 11) is 0. The van der Waals surface area contributed by atoms with Gasteiger partial charge in [-0.2, -0.15) is 0 Å². The quantitative estimate of drug-likeness (QED) is 0.531. The smallest absolute Gasteiger partial charge is 0.274 e. The Labute approximate surface area is 147 Å². The van der Waals surface area contributed by atoms with Gasteiger partial charge in [-0.3, -0.25) is 4.79 Å². The molecule has 1 aliphatic heterocycles. The number of benzene rings is 2. The minimum Gasteiger partial charge on any atom is -0.485 e. The van der Waals surface area contributed by atoms with Crippen LogP contribution < -0.4 is 14.8 Å². The highest BCUT2D eigenvalue weighted by Gasteiger charge is 2.18. The third kappa shape index (κ3) is 2.20. The summed E-state index contributed by atoms with van der Waals surface area (Å²) in [5.74, 6) is 0.876. The first kappa shape index (κ1) is 14.4. The molecule has 2 aromatic carbocycles. The maximum Gasteiger partial charge on any atom is 0.274 e. The first-order valence-electron chi connectivity index (χ1n) is 8.10. The predicted octanol–water partition coefficient (Wildman–Crippen LogP) is 3.27. The van der Waals surface area contributed by atoms with Crippen LogP contribution in [0.2, 0.25) is 0 Å². The molecule has 1 unspecified atom stereocenters. The lowest BCUT2D eigenvalue weighted by Crippen LogP contribution is -2.25. The average molecular weight is 346 g/mol. The van der Waals surface area contributed by atoms with E-state index in [0.717, 1.165) is 32.9 Å². The fraction of sp³-hybridized carbons (Fsp3) is 0.100. The molecule has 5 heteroatoms. The highest BCUT2D eigenvalue weighted by Crippen LogP contribution is 2.29. The first-order valence-corrected chi connectivity index (χ1v) is 8.91. The van der Waals surface area contributed by atoms with Gasteiger partial charge in [0.15, 0.2) is 4.96 Å². The van der Waals surface area contributed by atoms with Crippen molar-refractivity contribution in [1.82, 2.24) is 9.38 Å². The highest BCUT2D eigenvalue weighted by atomic mass is 32.1. The average Bonchev–Trinajstić information content (AvgIpc) is 3.12.